The molecule has 2 aromatic rings. The highest BCUT2D eigenvalue weighted by molar-refractivity contribution is 5.77. The van der Waals surface area contributed by atoms with Gasteiger partial charge in [-0.15, -0.1) is 0 Å². The zero-order valence-electron chi connectivity index (χ0n) is 10.7. The van der Waals surface area contributed by atoms with Crippen molar-refractivity contribution in [1.82, 2.24) is 9.55 Å². The van der Waals surface area contributed by atoms with Crippen molar-refractivity contribution >= 4 is 11.0 Å². The van der Waals surface area contributed by atoms with Gasteiger partial charge in [0.2, 0.25) is 0 Å². The number of aliphatic hydroxyl groups is 1. The zero-order chi connectivity index (χ0) is 12.3. The van der Waals surface area contributed by atoms with Gasteiger partial charge in [0.25, 0.3) is 0 Å². The van der Waals surface area contributed by atoms with E-state index in [2.05, 4.69) is 29.8 Å². The summed E-state index contributed by atoms with van der Waals surface area (Å²) in [5.74, 6) is 1.91. The molecule has 3 heteroatoms. The molecule has 1 N–H and O–H groups in total. The van der Waals surface area contributed by atoms with Crippen LogP contribution >= 0.6 is 0 Å². The van der Waals surface area contributed by atoms with E-state index in [1.54, 1.807) is 0 Å². The van der Waals surface area contributed by atoms with E-state index in [9.17, 15) is 5.11 Å². The van der Waals surface area contributed by atoms with Gasteiger partial charge in [0.05, 0.1) is 17.6 Å². The Morgan fingerprint density at radius 2 is 2.17 bits per heavy atom. The fourth-order valence-electron chi connectivity index (χ4n) is 2.93. The smallest absolute Gasteiger partial charge is 0.112 e. The number of hydrogen-bond donors (Lipinski definition) is 1. The average molecular weight is 242 g/mol. The van der Waals surface area contributed by atoms with Crippen LogP contribution in [0.4, 0.5) is 0 Å². The van der Waals surface area contributed by atoms with Crippen molar-refractivity contribution in [3.63, 3.8) is 0 Å². The molecule has 0 spiro atoms. The number of fused-ring (bicyclic) bond motifs is 1. The van der Waals surface area contributed by atoms with Gasteiger partial charge in [-0.3, -0.25) is 0 Å². The summed E-state index contributed by atoms with van der Waals surface area (Å²) in [6, 6.07) is 6.50. The highest BCUT2D eigenvalue weighted by Crippen LogP contribution is 2.48. The molecular weight excluding hydrogens is 224 g/mol. The van der Waals surface area contributed by atoms with Crippen LogP contribution in [0.2, 0.25) is 0 Å². The first-order chi connectivity index (χ1) is 8.73. The van der Waals surface area contributed by atoms with Gasteiger partial charge in [-0.2, -0.15) is 0 Å². The minimum absolute atomic E-state index is 0.0538. The van der Waals surface area contributed by atoms with Crippen LogP contribution in [0.1, 0.15) is 43.0 Å². The van der Waals surface area contributed by atoms with Gasteiger partial charge in [-0.05, 0) is 43.4 Å². The molecule has 0 aliphatic heterocycles. The SMILES string of the molecule is Cn1c(C2CC2)nc2ccc(C3(CO)CC3)cc21. The average Bonchev–Trinajstić information content (AvgIpc) is 3.29. The van der Waals surface area contributed by atoms with Gasteiger partial charge in [-0.1, -0.05) is 6.07 Å². The maximum absolute atomic E-state index is 9.53. The number of benzene rings is 1. The fourth-order valence-corrected chi connectivity index (χ4v) is 2.93. The van der Waals surface area contributed by atoms with E-state index in [0.29, 0.717) is 5.92 Å². The first kappa shape index (κ1) is 10.6. The summed E-state index contributed by atoms with van der Waals surface area (Å²) in [6.45, 7) is 0.270. The maximum atomic E-state index is 9.53. The molecule has 1 heterocycles. The molecule has 2 saturated carbocycles. The molecule has 18 heavy (non-hydrogen) atoms. The third-order valence-corrected chi connectivity index (χ3v) is 4.63. The van der Waals surface area contributed by atoms with Crippen LogP contribution in [0.3, 0.4) is 0 Å². The molecule has 4 rings (SSSR count). The van der Waals surface area contributed by atoms with Crippen molar-refractivity contribution in [2.24, 2.45) is 7.05 Å². The monoisotopic (exact) mass is 242 g/mol. The molecule has 94 valence electrons. The Morgan fingerprint density at radius 3 is 2.78 bits per heavy atom. The van der Waals surface area contributed by atoms with Crippen molar-refractivity contribution in [3.8, 4) is 0 Å². The van der Waals surface area contributed by atoms with E-state index >= 15 is 0 Å². The lowest BCUT2D eigenvalue weighted by Crippen LogP contribution is -2.11. The number of nitrogens with zero attached hydrogens (tertiary/aromatic N) is 2. The van der Waals surface area contributed by atoms with Crippen molar-refractivity contribution in [3.05, 3.63) is 29.6 Å². The fraction of sp³-hybridized carbons (Fsp3) is 0.533. The Morgan fingerprint density at radius 1 is 1.39 bits per heavy atom. The second-order valence-electron chi connectivity index (χ2n) is 5.95. The summed E-state index contributed by atoms with van der Waals surface area (Å²) in [4.78, 5) is 4.74. The van der Waals surface area contributed by atoms with Crippen LogP contribution in [0.15, 0.2) is 18.2 Å². The number of hydrogen-bond acceptors (Lipinski definition) is 2. The van der Waals surface area contributed by atoms with Gasteiger partial charge in [0.1, 0.15) is 5.82 Å². The van der Waals surface area contributed by atoms with Crippen molar-refractivity contribution < 1.29 is 5.11 Å². The standard InChI is InChI=1S/C15H18N2O/c1-17-13-8-11(15(9-18)6-7-15)4-5-12(13)16-14(17)10-2-3-10/h4-5,8,10,18H,2-3,6-7,9H2,1H3. The second-order valence-corrected chi connectivity index (χ2v) is 5.95. The Labute approximate surface area is 106 Å². The van der Waals surface area contributed by atoms with E-state index in [1.165, 1.54) is 29.7 Å². The summed E-state index contributed by atoms with van der Waals surface area (Å²) >= 11 is 0. The van der Waals surface area contributed by atoms with Gasteiger partial charge >= 0.3 is 0 Å². The first-order valence-electron chi connectivity index (χ1n) is 6.81. The van der Waals surface area contributed by atoms with Crippen molar-refractivity contribution in [2.75, 3.05) is 6.61 Å². The van der Waals surface area contributed by atoms with E-state index in [1.807, 2.05) is 0 Å². The number of aryl methyl sites for hydroxylation is 1. The molecular formula is C15H18N2O. The van der Waals surface area contributed by atoms with E-state index in [-0.39, 0.29) is 12.0 Å². The highest BCUT2D eigenvalue weighted by atomic mass is 16.3. The molecule has 1 aromatic carbocycles. The van der Waals surface area contributed by atoms with Crippen LogP contribution in [-0.2, 0) is 12.5 Å². The van der Waals surface area contributed by atoms with Crippen LogP contribution < -0.4 is 0 Å². The number of imidazole rings is 1. The Kier molecular flexibility index (Phi) is 1.97. The van der Waals surface area contributed by atoms with Gasteiger partial charge in [0.15, 0.2) is 0 Å². The number of aliphatic hydroxyl groups excluding tert-OH is 1. The van der Waals surface area contributed by atoms with Gasteiger partial charge in [-0.25, -0.2) is 4.98 Å². The lowest BCUT2D eigenvalue weighted by molar-refractivity contribution is 0.255. The second kappa shape index (κ2) is 3.35. The summed E-state index contributed by atoms with van der Waals surface area (Å²) in [6.07, 6.45) is 4.79. The molecule has 0 atom stereocenters. The third kappa shape index (κ3) is 1.37. The molecule has 0 unspecified atom stereocenters. The molecule has 2 aliphatic carbocycles. The molecule has 0 bridgehead atoms. The molecule has 2 fully saturated rings. The van der Waals surface area contributed by atoms with Crippen LogP contribution in [0, 0.1) is 0 Å². The summed E-state index contributed by atoms with van der Waals surface area (Å²) in [7, 11) is 2.12. The van der Waals surface area contributed by atoms with Crippen LogP contribution in [-0.4, -0.2) is 21.3 Å². The summed E-state index contributed by atoms with van der Waals surface area (Å²) in [5.41, 5.74) is 3.65. The normalized spacial score (nSPS) is 21.4. The minimum atomic E-state index is 0.0538. The van der Waals surface area contributed by atoms with E-state index in [0.717, 1.165) is 18.4 Å². The van der Waals surface area contributed by atoms with Crippen LogP contribution in [0.5, 0.6) is 0 Å². The first-order valence-corrected chi connectivity index (χ1v) is 6.81. The van der Waals surface area contributed by atoms with E-state index in [4.69, 9.17) is 4.98 Å². The van der Waals surface area contributed by atoms with Gasteiger partial charge < -0.3 is 9.67 Å². The lowest BCUT2D eigenvalue weighted by atomic mass is 9.97. The Bertz CT molecular complexity index is 621. The van der Waals surface area contributed by atoms with Crippen molar-refractivity contribution in [1.29, 1.82) is 0 Å². The lowest BCUT2D eigenvalue weighted by Gasteiger charge is -2.12. The van der Waals surface area contributed by atoms with Crippen LogP contribution in [0.25, 0.3) is 11.0 Å². The Balaban J connectivity index is 1.86. The molecule has 1 aromatic heterocycles. The predicted octanol–water partition coefficient (Wildman–Crippen LogP) is 2.47. The molecule has 0 amide bonds. The quantitative estimate of drug-likeness (QED) is 0.898. The summed E-state index contributed by atoms with van der Waals surface area (Å²) < 4.78 is 2.24. The molecule has 3 nitrogen and oxygen atoms in total. The van der Waals surface area contributed by atoms with Gasteiger partial charge in [0, 0.05) is 18.4 Å². The zero-order valence-corrected chi connectivity index (χ0v) is 10.7. The number of rotatable bonds is 3. The molecule has 2 aliphatic rings. The molecule has 0 radical (unpaired) electrons. The predicted molar refractivity (Wildman–Crippen MR) is 70.7 cm³/mol. The molecule has 0 saturated heterocycles. The largest absolute Gasteiger partial charge is 0.395 e. The van der Waals surface area contributed by atoms with Crippen molar-refractivity contribution in [2.45, 2.75) is 37.0 Å². The number of aromatic nitrogens is 2. The minimum Gasteiger partial charge on any atom is -0.395 e. The Hall–Kier alpha value is -1.35. The highest BCUT2D eigenvalue weighted by Gasteiger charge is 2.43. The topological polar surface area (TPSA) is 38.0 Å². The van der Waals surface area contributed by atoms with E-state index < -0.39 is 0 Å². The third-order valence-electron chi connectivity index (χ3n) is 4.63. The summed E-state index contributed by atoms with van der Waals surface area (Å²) in [5, 5.41) is 9.53. The maximum Gasteiger partial charge on any atom is 0.112 e.